The van der Waals surface area contributed by atoms with E-state index in [4.69, 9.17) is 4.74 Å². The van der Waals surface area contributed by atoms with E-state index in [0.717, 1.165) is 5.56 Å². The van der Waals surface area contributed by atoms with Crippen molar-refractivity contribution in [3.05, 3.63) is 95.6 Å². The summed E-state index contributed by atoms with van der Waals surface area (Å²) in [5.74, 6) is -0.695. The monoisotopic (exact) mass is 436 g/mol. The molecule has 166 valence electrons. The fourth-order valence-electron chi connectivity index (χ4n) is 2.99. The van der Waals surface area contributed by atoms with Crippen molar-refractivity contribution < 1.29 is 18.7 Å². The summed E-state index contributed by atoms with van der Waals surface area (Å²) < 4.78 is 18.8. The summed E-state index contributed by atoms with van der Waals surface area (Å²) in [5, 5.41) is 5.52. The number of pyridine rings is 1. The lowest BCUT2D eigenvalue weighted by Gasteiger charge is -2.23. The lowest BCUT2D eigenvalue weighted by molar-refractivity contribution is 0.0950. The molecule has 0 unspecified atom stereocenters. The summed E-state index contributed by atoms with van der Waals surface area (Å²) in [6.07, 6.45) is 3.39. The normalized spacial score (nSPS) is 10.4. The number of ether oxygens (including phenoxy) is 1. The molecule has 0 radical (unpaired) electrons. The second-order valence-corrected chi connectivity index (χ2v) is 7.06. The van der Waals surface area contributed by atoms with Crippen LogP contribution in [0.15, 0.2) is 73.1 Å². The van der Waals surface area contributed by atoms with Gasteiger partial charge in [-0.2, -0.15) is 0 Å². The largest absolute Gasteiger partial charge is 0.383 e. The lowest BCUT2D eigenvalue weighted by atomic mass is 10.1. The van der Waals surface area contributed by atoms with Gasteiger partial charge in [0.25, 0.3) is 5.91 Å². The van der Waals surface area contributed by atoms with Crippen molar-refractivity contribution in [1.82, 2.24) is 15.2 Å². The molecule has 3 rings (SSSR count). The Morgan fingerprint density at radius 2 is 1.84 bits per heavy atom. The minimum atomic E-state index is -0.366. The number of aromatic nitrogens is 1. The SMILES string of the molecule is COCCN(Cc1cccnc1)C(=O)Nc1ccc(C(=O)NCc2ccccc2F)cc1. The van der Waals surface area contributed by atoms with Crippen LogP contribution in [-0.4, -0.2) is 42.1 Å². The van der Waals surface area contributed by atoms with Gasteiger partial charge in [-0.1, -0.05) is 24.3 Å². The molecule has 7 nitrogen and oxygen atoms in total. The highest BCUT2D eigenvalue weighted by Crippen LogP contribution is 2.13. The highest BCUT2D eigenvalue weighted by atomic mass is 19.1. The number of carbonyl (C=O) groups is 2. The van der Waals surface area contributed by atoms with Crippen molar-refractivity contribution in [2.24, 2.45) is 0 Å². The van der Waals surface area contributed by atoms with Gasteiger partial charge in [-0.05, 0) is 42.0 Å². The van der Waals surface area contributed by atoms with Gasteiger partial charge in [0.15, 0.2) is 0 Å². The molecule has 0 atom stereocenters. The van der Waals surface area contributed by atoms with Gasteiger partial charge < -0.3 is 20.3 Å². The van der Waals surface area contributed by atoms with Gasteiger partial charge in [0.05, 0.1) is 6.61 Å². The number of benzene rings is 2. The molecule has 0 saturated heterocycles. The molecule has 0 bridgehead atoms. The van der Waals surface area contributed by atoms with Crippen LogP contribution in [-0.2, 0) is 17.8 Å². The quantitative estimate of drug-likeness (QED) is 0.534. The van der Waals surface area contributed by atoms with Crippen LogP contribution in [0.5, 0.6) is 0 Å². The minimum Gasteiger partial charge on any atom is -0.383 e. The molecule has 1 heterocycles. The Bertz CT molecular complexity index is 1030. The van der Waals surface area contributed by atoms with E-state index in [2.05, 4.69) is 15.6 Å². The second kappa shape index (κ2) is 11.6. The third kappa shape index (κ3) is 6.61. The van der Waals surface area contributed by atoms with Crippen molar-refractivity contribution in [3.63, 3.8) is 0 Å². The summed E-state index contributed by atoms with van der Waals surface area (Å²) >= 11 is 0. The first kappa shape index (κ1) is 22.9. The summed E-state index contributed by atoms with van der Waals surface area (Å²) in [5.41, 5.74) is 2.27. The zero-order valence-electron chi connectivity index (χ0n) is 17.8. The van der Waals surface area contributed by atoms with Crippen LogP contribution in [0.1, 0.15) is 21.5 Å². The molecule has 0 aliphatic rings. The van der Waals surface area contributed by atoms with Crippen molar-refractivity contribution >= 4 is 17.6 Å². The van der Waals surface area contributed by atoms with Crippen LogP contribution in [0.25, 0.3) is 0 Å². The first-order valence-corrected chi connectivity index (χ1v) is 10.1. The van der Waals surface area contributed by atoms with E-state index in [0.29, 0.717) is 36.5 Å². The standard InChI is InChI=1S/C24H25FN4O3/c1-32-14-13-29(17-18-5-4-12-26-15-18)24(31)28-21-10-8-19(9-11-21)23(30)27-16-20-6-2-3-7-22(20)25/h2-12,15H,13-14,16-17H2,1H3,(H,27,30)(H,28,31). The van der Waals surface area contributed by atoms with Crippen molar-refractivity contribution in [2.45, 2.75) is 13.1 Å². The van der Waals surface area contributed by atoms with E-state index in [-0.39, 0.29) is 24.3 Å². The number of halogens is 1. The maximum atomic E-state index is 13.7. The fraction of sp³-hybridized carbons (Fsp3) is 0.208. The predicted molar refractivity (Wildman–Crippen MR) is 120 cm³/mol. The van der Waals surface area contributed by atoms with E-state index in [1.165, 1.54) is 6.07 Å². The molecular weight excluding hydrogens is 411 g/mol. The van der Waals surface area contributed by atoms with Gasteiger partial charge in [-0.3, -0.25) is 9.78 Å². The Morgan fingerprint density at radius 1 is 1.06 bits per heavy atom. The molecule has 0 aliphatic carbocycles. The predicted octanol–water partition coefficient (Wildman–Crippen LogP) is 3.83. The molecular formula is C24H25FN4O3. The average molecular weight is 436 g/mol. The van der Waals surface area contributed by atoms with Gasteiger partial charge in [0.2, 0.25) is 0 Å². The molecule has 0 fully saturated rings. The number of urea groups is 1. The van der Waals surface area contributed by atoms with Gasteiger partial charge in [-0.15, -0.1) is 0 Å². The smallest absolute Gasteiger partial charge is 0.322 e. The number of carbonyl (C=O) groups excluding carboxylic acids is 2. The van der Waals surface area contributed by atoms with Crippen LogP contribution < -0.4 is 10.6 Å². The average Bonchev–Trinajstić information content (AvgIpc) is 2.82. The molecule has 32 heavy (non-hydrogen) atoms. The Labute approximate surface area is 186 Å². The van der Waals surface area contributed by atoms with Gasteiger partial charge >= 0.3 is 6.03 Å². The van der Waals surface area contributed by atoms with Crippen LogP contribution >= 0.6 is 0 Å². The van der Waals surface area contributed by atoms with Gasteiger partial charge in [0.1, 0.15) is 5.82 Å². The van der Waals surface area contributed by atoms with E-state index >= 15 is 0 Å². The number of hydrogen-bond acceptors (Lipinski definition) is 4. The molecule has 0 aliphatic heterocycles. The molecule has 8 heteroatoms. The van der Waals surface area contributed by atoms with Crippen molar-refractivity contribution in [3.8, 4) is 0 Å². The minimum absolute atomic E-state index is 0.0901. The molecule has 2 N–H and O–H groups in total. The summed E-state index contributed by atoms with van der Waals surface area (Å²) in [6.45, 7) is 1.29. The van der Waals surface area contributed by atoms with Crippen LogP contribution in [0.3, 0.4) is 0 Å². The number of nitrogens with one attached hydrogen (secondary N) is 2. The van der Waals surface area contributed by atoms with Gasteiger partial charge in [-0.25, -0.2) is 9.18 Å². The highest BCUT2D eigenvalue weighted by molar-refractivity contribution is 5.95. The summed E-state index contributed by atoms with van der Waals surface area (Å²) in [4.78, 5) is 30.8. The third-order valence-corrected chi connectivity index (χ3v) is 4.74. The maximum Gasteiger partial charge on any atom is 0.322 e. The highest BCUT2D eigenvalue weighted by Gasteiger charge is 2.15. The van der Waals surface area contributed by atoms with Crippen molar-refractivity contribution in [1.29, 1.82) is 0 Å². The van der Waals surface area contributed by atoms with Crippen LogP contribution in [0.2, 0.25) is 0 Å². The first-order chi connectivity index (χ1) is 15.6. The number of rotatable bonds is 9. The van der Waals surface area contributed by atoms with Crippen LogP contribution in [0, 0.1) is 5.82 Å². The van der Waals surface area contributed by atoms with Crippen LogP contribution in [0.4, 0.5) is 14.9 Å². The maximum absolute atomic E-state index is 13.7. The van der Waals surface area contributed by atoms with Crippen molar-refractivity contribution in [2.75, 3.05) is 25.6 Å². The third-order valence-electron chi connectivity index (χ3n) is 4.74. The number of amides is 3. The molecule has 0 spiro atoms. The summed E-state index contributed by atoms with van der Waals surface area (Å²) in [6, 6.07) is 16.2. The van der Waals surface area contributed by atoms with Gasteiger partial charge in [0, 0.05) is 56.0 Å². The molecule has 3 aromatic rings. The molecule has 3 amide bonds. The molecule has 2 aromatic carbocycles. The topological polar surface area (TPSA) is 83.6 Å². The zero-order valence-corrected chi connectivity index (χ0v) is 17.8. The Morgan fingerprint density at radius 3 is 2.53 bits per heavy atom. The Hall–Kier alpha value is -3.78. The lowest BCUT2D eigenvalue weighted by Crippen LogP contribution is -2.36. The first-order valence-electron chi connectivity index (χ1n) is 10.1. The number of nitrogens with zero attached hydrogens (tertiary/aromatic N) is 2. The molecule has 0 saturated carbocycles. The van der Waals surface area contributed by atoms with E-state index in [9.17, 15) is 14.0 Å². The number of anilines is 1. The molecule has 1 aromatic heterocycles. The Balaban J connectivity index is 1.58. The number of hydrogen-bond donors (Lipinski definition) is 2. The number of methoxy groups -OCH3 is 1. The Kier molecular flexibility index (Phi) is 8.28. The van der Waals surface area contributed by atoms with E-state index < -0.39 is 0 Å². The fourth-order valence-corrected chi connectivity index (χ4v) is 2.99. The summed E-state index contributed by atoms with van der Waals surface area (Å²) in [7, 11) is 1.58. The van der Waals surface area contributed by atoms with E-state index in [1.54, 1.807) is 66.9 Å². The van der Waals surface area contributed by atoms with E-state index in [1.807, 2.05) is 12.1 Å². The zero-order chi connectivity index (χ0) is 22.8. The second-order valence-electron chi connectivity index (χ2n) is 7.06.